The number of hydrogen-bond acceptors (Lipinski definition) is 8. The van der Waals surface area contributed by atoms with Crippen molar-refractivity contribution in [2.75, 3.05) is 46.6 Å². The van der Waals surface area contributed by atoms with Crippen LogP contribution in [0.25, 0.3) is 0 Å². The predicted molar refractivity (Wildman–Crippen MR) is 105 cm³/mol. The summed E-state index contributed by atoms with van der Waals surface area (Å²) in [6, 6.07) is 4.92. The largest absolute Gasteiger partial charge is 0.497 e. The minimum absolute atomic E-state index is 0.0456. The van der Waals surface area contributed by atoms with Gasteiger partial charge >= 0.3 is 5.97 Å². The molecule has 1 aliphatic heterocycles. The van der Waals surface area contributed by atoms with E-state index in [-0.39, 0.29) is 6.54 Å². The molecule has 30 heavy (non-hydrogen) atoms. The topological polar surface area (TPSA) is 146 Å². The number of ether oxygens (including phenoxy) is 2. The summed E-state index contributed by atoms with van der Waals surface area (Å²) in [6.07, 6.45) is -1.99. The zero-order chi connectivity index (χ0) is 22.1. The maximum absolute atomic E-state index is 12.6. The van der Waals surface area contributed by atoms with Crippen LogP contribution in [0.4, 0.5) is 0 Å². The van der Waals surface area contributed by atoms with E-state index >= 15 is 0 Å². The van der Waals surface area contributed by atoms with Gasteiger partial charge in [-0.1, -0.05) is 12.1 Å². The first-order valence-corrected chi connectivity index (χ1v) is 9.63. The van der Waals surface area contributed by atoms with Gasteiger partial charge in [0.15, 0.2) is 5.78 Å². The standard InChI is InChI=1S/C20H28N2O8/c1-29-14-4-2-13(3-5-14)19(26)15(20(27)28)10-17(24)16(12-23)21-18(25)11-22-6-8-30-9-7-22/h2-5,15-16,19,23,26H,6-12H2,1H3,(H,21,25)(H,27,28)/t15-,16-,19+/m0/s1. The summed E-state index contributed by atoms with van der Waals surface area (Å²) in [4.78, 5) is 38.3. The van der Waals surface area contributed by atoms with E-state index < -0.39 is 48.8 Å². The van der Waals surface area contributed by atoms with Crippen LogP contribution in [0.3, 0.4) is 0 Å². The van der Waals surface area contributed by atoms with Crippen molar-refractivity contribution in [3.05, 3.63) is 29.8 Å². The van der Waals surface area contributed by atoms with Gasteiger partial charge in [-0.05, 0) is 17.7 Å². The summed E-state index contributed by atoms with van der Waals surface area (Å²) in [7, 11) is 1.48. The smallest absolute Gasteiger partial charge is 0.309 e. The number of carboxylic acid groups (broad SMARTS) is 1. The van der Waals surface area contributed by atoms with Crippen LogP contribution in [0.2, 0.25) is 0 Å². The molecule has 0 radical (unpaired) electrons. The van der Waals surface area contributed by atoms with Gasteiger partial charge in [0.25, 0.3) is 0 Å². The van der Waals surface area contributed by atoms with E-state index in [1.807, 2.05) is 4.90 Å². The molecule has 2 rings (SSSR count). The zero-order valence-corrected chi connectivity index (χ0v) is 16.8. The van der Waals surface area contributed by atoms with Crippen LogP contribution in [0, 0.1) is 5.92 Å². The highest BCUT2D eigenvalue weighted by Gasteiger charge is 2.33. The maximum atomic E-state index is 12.6. The van der Waals surface area contributed by atoms with Gasteiger partial charge < -0.3 is 30.1 Å². The van der Waals surface area contributed by atoms with Crippen LogP contribution in [0.15, 0.2) is 24.3 Å². The van der Waals surface area contributed by atoms with Gasteiger partial charge in [-0.2, -0.15) is 0 Å². The average Bonchev–Trinajstić information content (AvgIpc) is 2.75. The Morgan fingerprint density at radius 2 is 1.83 bits per heavy atom. The molecule has 1 heterocycles. The lowest BCUT2D eigenvalue weighted by Gasteiger charge is -2.27. The molecule has 0 unspecified atom stereocenters. The van der Waals surface area contributed by atoms with Crippen molar-refractivity contribution in [1.82, 2.24) is 10.2 Å². The number of amides is 1. The molecule has 0 bridgehead atoms. The number of morpholine rings is 1. The predicted octanol–water partition coefficient (Wildman–Crippen LogP) is -0.802. The number of methoxy groups -OCH3 is 1. The molecule has 3 atom stereocenters. The SMILES string of the molecule is COc1ccc([C@@H](O)[C@H](CC(=O)[C@H](CO)NC(=O)CN2CCOCC2)C(=O)O)cc1. The van der Waals surface area contributed by atoms with Crippen molar-refractivity contribution in [1.29, 1.82) is 0 Å². The first-order chi connectivity index (χ1) is 14.3. The highest BCUT2D eigenvalue weighted by molar-refractivity contribution is 5.92. The molecule has 0 spiro atoms. The summed E-state index contributed by atoms with van der Waals surface area (Å²) >= 11 is 0. The number of aliphatic carboxylic acids is 1. The van der Waals surface area contributed by atoms with E-state index in [2.05, 4.69) is 5.32 Å². The Kier molecular flexibility index (Phi) is 9.18. The number of aliphatic hydroxyl groups is 2. The Bertz CT molecular complexity index is 718. The van der Waals surface area contributed by atoms with Gasteiger partial charge in [-0.25, -0.2) is 0 Å². The van der Waals surface area contributed by atoms with Gasteiger partial charge in [-0.3, -0.25) is 19.3 Å². The van der Waals surface area contributed by atoms with Crippen LogP contribution in [-0.2, 0) is 19.1 Å². The number of ketones is 1. The summed E-state index contributed by atoms with van der Waals surface area (Å²) in [5, 5.41) is 31.9. The minimum Gasteiger partial charge on any atom is -0.497 e. The van der Waals surface area contributed by atoms with Crippen molar-refractivity contribution in [2.24, 2.45) is 5.92 Å². The normalized spacial score (nSPS) is 17.6. The molecule has 1 aliphatic rings. The quantitative estimate of drug-likeness (QED) is 0.358. The number of rotatable bonds is 11. The third kappa shape index (κ3) is 6.77. The first-order valence-electron chi connectivity index (χ1n) is 9.63. The average molecular weight is 424 g/mol. The number of Topliss-reactive ketones (excluding diaryl/α,β-unsaturated/α-hetero) is 1. The zero-order valence-electron chi connectivity index (χ0n) is 16.8. The molecular weight excluding hydrogens is 396 g/mol. The fraction of sp³-hybridized carbons (Fsp3) is 0.550. The van der Waals surface area contributed by atoms with Gasteiger partial charge in [0.05, 0.1) is 45.5 Å². The van der Waals surface area contributed by atoms with Crippen molar-refractivity contribution < 1.29 is 39.2 Å². The number of nitrogens with zero attached hydrogens (tertiary/aromatic N) is 1. The van der Waals surface area contributed by atoms with E-state index in [9.17, 15) is 29.7 Å². The molecule has 1 aromatic carbocycles. The fourth-order valence-electron chi connectivity index (χ4n) is 3.16. The molecule has 0 aliphatic carbocycles. The third-order valence-electron chi connectivity index (χ3n) is 4.95. The second-order valence-corrected chi connectivity index (χ2v) is 7.02. The molecule has 1 saturated heterocycles. The van der Waals surface area contributed by atoms with Crippen LogP contribution in [0.1, 0.15) is 18.1 Å². The van der Waals surface area contributed by atoms with Crippen LogP contribution in [-0.4, -0.2) is 90.5 Å². The number of carboxylic acids is 1. The lowest BCUT2D eigenvalue weighted by atomic mass is 9.89. The van der Waals surface area contributed by atoms with Crippen molar-refractivity contribution in [3.8, 4) is 5.75 Å². The fourth-order valence-corrected chi connectivity index (χ4v) is 3.16. The molecule has 10 heteroatoms. The maximum Gasteiger partial charge on any atom is 0.309 e. The van der Waals surface area contributed by atoms with Crippen LogP contribution < -0.4 is 10.1 Å². The minimum atomic E-state index is -1.44. The number of carbonyl (C=O) groups excluding carboxylic acids is 2. The summed E-state index contributed by atoms with van der Waals surface area (Å²) in [5.41, 5.74) is 0.313. The number of nitrogens with one attached hydrogen (secondary N) is 1. The molecule has 1 aromatic rings. The lowest BCUT2D eigenvalue weighted by molar-refractivity contribution is -0.148. The summed E-state index contributed by atoms with van der Waals surface area (Å²) < 4.78 is 10.2. The van der Waals surface area contributed by atoms with E-state index in [1.54, 1.807) is 12.1 Å². The Balaban J connectivity index is 1.98. The highest BCUT2D eigenvalue weighted by atomic mass is 16.5. The van der Waals surface area contributed by atoms with Crippen LogP contribution in [0.5, 0.6) is 5.75 Å². The molecule has 0 saturated carbocycles. The Hall–Kier alpha value is -2.53. The number of aliphatic hydroxyl groups excluding tert-OH is 2. The van der Waals surface area contributed by atoms with Crippen molar-refractivity contribution in [2.45, 2.75) is 18.6 Å². The van der Waals surface area contributed by atoms with E-state index in [1.165, 1.54) is 19.2 Å². The molecule has 1 fully saturated rings. The van der Waals surface area contributed by atoms with Gasteiger partial charge in [0.2, 0.25) is 5.91 Å². The molecule has 0 aromatic heterocycles. The van der Waals surface area contributed by atoms with E-state index in [0.29, 0.717) is 37.6 Å². The molecule has 10 nitrogen and oxygen atoms in total. The molecule has 4 N–H and O–H groups in total. The Morgan fingerprint density at radius 3 is 2.37 bits per heavy atom. The summed E-state index contributed by atoms with van der Waals surface area (Å²) in [6.45, 7) is 1.57. The summed E-state index contributed by atoms with van der Waals surface area (Å²) in [5.74, 6) is -3.38. The van der Waals surface area contributed by atoms with Crippen LogP contribution >= 0.6 is 0 Å². The number of hydrogen-bond donors (Lipinski definition) is 4. The van der Waals surface area contributed by atoms with E-state index in [4.69, 9.17) is 9.47 Å². The van der Waals surface area contributed by atoms with Gasteiger partial charge in [-0.15, -0.1) is 0 Å². The van der Waals surface area contributed by atoms with Crippen molar-refractivity contribution in [3.63, 3.8) is 0 Å². The van der Waals surface area contributed by atoms with Crippen molar-refractivity contribution >= 4 is 17.7 Å². The lowest BCUT2D eigenvalue weighted by Crippen LogP contribution is -2.49. The van der Waals surface area contributed by atoms with Gasteiger partial charge in [0.1, 0.15) is 11.8 Å². The first kappa shape index (κ1) is 23.7. The molecule has 1 amide bonds. The third-order valence-corrected chi connectivity index (χ3v) is 4.95. The number of benzene rings is 1. The second kappa shape index (κ2) is 11.6. The molecular formula is C20H28N2O8. The Labute approximate surface area is 174 Å². The Morgan fingerprint density at radius 1 is 1.20 bits per heavy atom. The van der Waals surface area contributed by atoms with Gasteiger partial charge in [0, 0.05) is 19.5 Å². The molecule has 166 valence electrons. The monoisotopic (exact) mass is 424 g/mol. The van der Waals surface area contributed by atoms with E-state index in [0.717, 1.165) is 0 Å². The number of carbonyl (C=O) groups is 3. The highest BCUT2D eigenvalue weighted by Crippen LogP contribution is 2.27. The second-order valence-electron chi connectivity index (χ2n) is 7.02.